The Bertz CT molecular complexity index is 993. The van der Waals surface area contributed by atoms with Gasteiger partial charge in [0.2, 0.25) is 5.91 Å². The number of benzene rings is 1. The summed E-state index contributed by atoms with van der Waals surface area (Å²) in [5.74, 6) is 1.37. The van der Waals surface area contributed by atoms with Gasteiger partial charge in [-0.2, -0.15) is 5.10 Å². The fourth-order valence-electron chi connectivity index (χ4n) is 3.13. The quantitative estimate of drug-likeness (QED) is 0.533. The molecule has 2 atom stereocenters. The van der Waals surface area contributed by atoms with Crippen LogP contribution >= 0.6 is 23.6 Å². The van der Waals surface area contributed by atoms with Gasteiger partial charge in [0.1, 0.15) is 11.8 Å². The zero-order chi connectivity index (χ0) is 21.0. The maximum Gasteiger partial charge on any atom is 0.243 e. The van der Waals surface area contributed by atoms with Crippen molar-refractivity contribution in [2.24, 2.45) is 0 Å². The zero-order valence-corrected chi connectivity index (χ0v) is 18.5. The maximum atomic E-state index is 12.9. The van der Waals surface area contributed by atoms with Crippen LogP contribution in [0, 0.1) is 4.77 Å². The van der Waals surface area contributed by atoms with Gasteiger partial charge in [-0.25, -0.2) is 0 Å². The Hall–Kier alpha value is -2.49. The highest BCUT2D eigenvalue weighted by molar-refractivity contribution is 7.71. The molecule has 1 aromatic carbocycles. The number of carbonyl (C=O) groups excluding carboxylic acids is 1. The van der Waals surface area contributed by atoms with E-state index in [0.717, 1.165) is 16.2 Å². The molecular weight excluding hydrogens is 406 g/mol. The van der Waals surface area contributed by atoms with Crippen molar-refractivity contribution in [3.05, 3.63) is 52.1 Å². The molecule has 0 saturated heterocycles. The number of amides is 1. The molecule has 2 N–H and O–H groups in total. The van der Waals surface area contributed by atoms with E-state index >= 15 is 0 Å². The highest BCUT2D eigenvalue weighted by atomic mass is 32.1. The number of rotatable bonds is 8. The van der Waals surface area contributed by atoms with E-state index in [9.17, 15) is 4.79 Å². The molecule has 9 heteroatoms. The first kappa shape index (κ1) is 21.2. The van der Waals surface area contributed by atoms with Gasteiger partial charge in [-0.15, -0.1) is 11.3 Å². The number of thiophene rings is 1. The topological polar surface area (TPSA) is 75.2 Å². The SMILES string of the molecule is COc1ccc(C(CNC(=O)C(C)n2c(-c3cccs3)n[nH]c2=S)N(C)C)cc1. The van der Waals surface area contributed by atoms with Crippen LogP contribution in [0.1, 0.15) is 24.6 Å². The van der Waals surface area contributed by atoms with Crippen molar-refractivity contribution in [2.75, 3.05) is 27.7 Å². The summed E-state index contributed by atoms with van der Waals surface area (Å²) in [6.45, 7) is 2.30. The standard InChI is InChI=1S/C20H25N5O2S2/c1-13(25-18(22-23-20(25)28)17-6-5-11-29-17)19(26)21-12-16(24(2)3)14-7-9-15(27-4)10-8-14/h5-11,13,16H,12H2,1-4H3,(H,21,26)(H,23,28). The summed E-state index contributed by atoms with van der Waals surface area (Å²) in [6.07, 6.45) is 0. The number of likely N-dealkylation sites (N-methyl/N-ethyl adjacent to an activating group) is 1. The Morgan fingerprint density at radius 3 is 2.66 bits per heavy atom. The second-order valence-electron chi connectivity index (χ2n) is 6.87. The second-order valence-corrected chi connectivity index (χ2v) is 8.21. The summed E-state index contributed by atoms with van der Waals surface area (Å²) in [5, 5.41) is 12.1. The Labute approximate surface area is 179 Å². The Kier molecular flexibility index (Phi) is 6.83. The molecule has 2 aromatic heterocycles. The summed E-state index contributed by atoms with van der Waals surface area (Å²) in [7, 11) is 5.63. The predicted molar refractivity (Wildman–Crippen MR) is 118 cm³/mol. The van der Waals surface area contributed by atoms with Crippen LogP contribution in [0.5, 0.6) is 5.75 Å². The van der Waals surface area contributed by atoms with Crippen molar-refractivity contribution < 1.29 is 9.53 Å². The van der Waals surface area contributed by atoms with Crippen molar-refractivity contribution in [1.29, 1.82) is 0 Å². The van der Waals surface area contributed by atoms with Crippen molar-refractivity contribution in [1.82, 2.24) is 25.0 Å². The van der Waals surface area contributed by atoms with Crippen LogP contribution in [0.15, 0.2) is 41.8 Å². The molecule has 0 spiro atoms. The van der Waals surface area contributed by atoms with E-state index in [4.69, 9.17) is 17.0 Å². The lowest BCUT2D eigenvalue weighted by Gasteiger charge is -2.26. The van der Waals surface area contributed by atoms with Gasteiger partial charge in [0.15, 0.2) is 10.6 Å². The number of aromatic amines is 1. The molecule has 0 aliphatic rings. The van der Waals surface area contributed by atoms with Gasteiger partial charge < -0.3 is 15.0 Å². The smallest absolute Gasteiger partial charge is 0.243 e. The van der Waals surface area contributed by atoms with Crippen LogP contribution in [-0.2, 0) is 4.79 Å². The van der Waals surface area contributed by atoms with E-state index in [-0.39, 0.29) is 11.9 Å². The highest BCUT2D eigenvalue weighted by Gasteiger charge is 2.23. The van der Waals surface area contributed by atoms with Gasteiger partial charge >= 0.3 is 0 Å². The lowest BCUT2D eigenvalue weighted by Crippen LogP contribution is -2.38. The van der Waals surface area contributed by atoms with Gasteiger partial charge in [-0.1, -0.05) is 18.2 Å². The number of methoxy groups -OCH3 is 1. The van der Waals surface area contributed by atoms with E-state index in [2.05, 4.69) is 20.4 Å². The second kappa shape index (κ2) is 9.34. The molecule has 29 heavy (non-hydrogen) atoms. The minimum absolute atomic E-state index is 0.0335. The van der Waals surface area contributed by atoms with Crippen LogP contribution in [0.25, 0.3) is 10.7 Å². The zero-order valence-electron chi connectivity index (χ0n) is 16.9. The largest absolute Gasteiger partial charge is 0.497 e. The monoisotopic (exact) mass is 431 g/mol. The Morgan fingerprint density at radius 1 is 1.34 bits per heavy atom. The predicted octanol–water partition coefficient (Wildman–Crippen LogP) is 3.66. The minimum atomic E-state index is -0.489. The van der Waals surface area contributed by atoms with Crippen molar-refractivity contribution in [2.45, 2.75) is 19.0 Å². The third kappa shape index (κ3) is 4.75. The van der Waals surface area contributed by atoms with Gasteiger partial charge in [0.25, 0.3) is 0 Å². The lowest BCUT2D eigenvalue weighted by molar-refractivity contribution is -0.124. The van der Waals surface area contributed by atoms with Crippen molar-refractivity contribution >= 4 is 29.5 Å². The van der Waals surface area contributed by atoms with Crippen molar-refractivity contribution in [3.8, 4) is 16.5 Å². The molecule has 2 unspecified atom stereocenters. The summed E-state index contributed by atoms with van der Waals surface area (Å²) in [4.78, 5) is 16.0. The molecule has 0 aliphatic heterocycles. The van der Waals surface area contributed by atoms with Crippen LogP contribution in [0.4, 0.5) is 0 Å². The average molecular weight is 432 g/mol. The van der Waals surface area contributed by atoms with Gasteiger partial charge in [-0.3, -0.25) is 14.5 Å². The number of aromatic nitrogens is 3. The van der Waals surface area contributed by atoms with Crippen LogP contribution < -0.4 is 10.1 Å². The molecule has 0 saturated carbocycles. The number of hydrogen-bond acceptors (Lipinski definition) is 6. The number of carbonyl (C=O) groups is 1. The summed E-state index contributed by atoms with van der Waals surface area (Å²) < 4.78 is 7.41. The fourth-order valence-corrected chi connectivity index (χ4v) is 4.13. The van der Waals surface area contributed by atoms with E-state index in [1.165, 1.54) is 0 Å². The first-order valence-corrected chi connectivity index (χ1v) is 10.5. The molecule has 0 fully saturated rings. The Morgan fingerprint density at radius 2 is 2.07 bits per heavy atom. The lowest BCUT2D eigenvalue weighted by atomic mass is 10.1. The number of nitrogens with one attached hydrogen (secondary N) is 2. The molecule has 1 amide bonds. The normalized spacial score (nSPS) is 13.3. The third-order valence-corrected chi connectivity index (χ3v) is 5.96. The average Bonchev–Trinajstić information content (AvgIpc) is 3.37. The van der Waals surface area contributed by atoms with E-state index in [1.54, 1.807) is 23.0 Å². The van der Waals surface area contributed by atoms with Crippen LogP contribution in [-0.4, -0.2) is 53.3 Å². The molecule has 2 heterocycles. The first-order valence-electron chi connectivity index (χ1n) is 9.21. The fraction of sp³-hybridized carbons (Fsp3) is 0.350. The number of ether oxygens (including phenoxy) is 1. The van der Waals surface area contributed by atoms with E-state index in [1.807, 2.05) is 62.8 Å². The molecule has 0 bridgehead atoms. The summed E-state index contributed by atoms with van der Waals surface area (Å²) in [5.41, 5.74) is 1.10. The van der Waals surface area contributed by atoms with E-state index in [0.29, 0.717) is 17.1 Å². The van der Waals surface area contributed by atoms with Crippen molar-refractivity contribution in [3.63, 3.8) is 0 Å². The molecule has 7 nitrogen and oxygen atoms in total. The minimum Gasteiger partial charge on any atom is -0.497 e. The van der Waals surface area contributed by atoms with Crippen LogP contribution in [0.3, 0.4) is 0 Å². The Balaban J connectivity index is 1.74. The summed E-state index contributed by atoms with van der Waals surface area (Å²) >= 11 is 6.93. The first-order chi connectivity index (χ1) is 13.9. The summed E-state index contributed by atoms with van der Waals surface area (Å²) in [6, 6.07) is 11.3. The molecule has 0 radical (unpaired) electrons. The van der Waals surface area contributed by atoms with E-state index < -0.39 is 6.04 Å². The van der Waals surface area contributed by atoms with Gasteiger partial charge in [-0.05, 0) is 62.4 Å². The number of nitrogens with zero attached hydrogens (tertiary/aromatic N) is 3. The van der Waals surface area contributed by atoms with Gasteiger partial charge in [0, 0.05) is 6.54 Å². The molecular formula is C20H25N5O2S2. The van der Waals surface area contributed by atoms with Crippen LogP contribution in [0.2, 0.25) is 0 Å². The van der Waals surface area contributed by atoms with Gasteiger partial charge in [0.05, 0.1) is 18.0 Å². The number of hydrogen-bond donors (Lipinski definition) is 2. The molecule has 0 aliphatic carbocycles. The number of H-pyrrole nitrogens is 1. The molecule has 154 valence electrons. The molecule has 3 rings (SSSR count). The maximum absolute atomic E-state index is 12.9. The highest BCUT2D eigenvalue weighted by Crippen LogP contribution is 2.26. The molecule has 3 aromatic rings. The third-order valence-electron chi connectivity index (χ3n) is 4.81.